The lowest BCUT2D eigenvalue weighted by Gasteiger charge is -2.34. The Hall–Kier alpha value is -2.50. The number of aromatic nitrogens is 1. The third-order valence-electron chi connectivity index (χ3n) is 3.95. The highest BCUT2D eigenvalue weighted by Gasteiger charge is 2.24. The van der Waals surface area contributed by atoms with Crippen molar-refractivity contribution in [1.29, 1.82) is 0 Å². The van der Waals surface area contributed by atoms with Crippen LogP contribution in [0.15, 0.2) is 24.4 Å². The summed E-state index contributed by atoms with van der Waals surface area (Å²) in [6.07, 6.45) is 1.73. The lowest BCUT2D eigenvalue weighted by Crippen LogP contribution is -2.50. The molecule has 1 aromatic carbocycles. The van der Waals surface area contributed by atoms with Gasteiger partial charge in [0, 0.05) is 55.9 Å². The fraction of sp³-hybridized carbons (Fsp3) is 0.333. The molecule has 6 nitrogen and oxygen atoms in total. The molecule has 21 heavy (non-hydrogen) atoms. The summed E-state index contributed by atoms with van der Waals surface area (Å²) in [6, 6.07) is 5.48. The molecule has 110 valence electrons. The number of anilines is 1. The first-order chi connectivity index (χ1) is 10.1. The highest BCUT2D eigenvalue weighted by molar-refractivity contribution is 6.07. The standard InChI is InChI=1S/C15H18N4O2/c1-10(20)18-4-6-19(7-5-18)15(21)13-9-17-14-3-2-11(16)8-12(13)14/h2-3,8-9,17H,4-7,16H2,1H3. The monoisotopic (exact) mass is 286 g/mol. The molecular weight excluding hydrogens is 268 g/mol. The van der Waals surface area contributed by atoms with Gasteiger partial charge in [0.25, 0.3) is 5.91 Å². The molecule has 1 aromatic heterocycles. The Morgan fingerprint density at radius 3 is 2.48 bits per heavy atom. The largest absolute Gasteiger partial charge is 0.399 e. The molecule has 0 aliphatic carbocycles. The van der Waals surface area contributed by atoms with Crippen LogP contribution in [0, 0.1) is 0 Å². The Bertz CT molecular complexity index is 699. The fourth-order valence-electron chi connectivity index (χ4n) is 2.71. The molecule has 1 fully saturated rings. The summed E-state index contributed by atoms with van der Waals surface area (Å²) in [5, 5.41) is 0.842. The average Bonchev–Trinajstić information content (AvgIpc) is 2.89. The molecule has 3 rings (SSSR count). The number of benzene rings is 1. The van der Waals surface area contributed by atoms with Crippen LogP contribution >= 0.6 is 0 Å². The number of carbonyl (C=O) groups excluding carboxylic acids is 2. The predicted octanol–water partition coefficient (Wildman–Crippen LogP) is 1.05. The summed E-state index contributed by atoms with van der Waals surface area (Å²) in [5.41, 5.74) is 7.97. The second kappa shape index (κ2) is 5.12. The van der Waals surface area contributed by atoms with Crippen LogP contribution in [0.1, 0.15) is 17.3 Å². The second-order valence-electron chi connectivity index (χ2n) is 5.31. The lowest BCUT2D eigenvalue weighted by molar-refractivity contribution is -0.130. The van der Waals surface area contributed by atoms with Crippen LogP contribution in [0.5, 0.6) is 0 Å². The lowest BCUT2D eigenvalue weighted by atomic mass is 10.1. The van der Waals surface area contributed by atoms with Crippen molar-refractivity contribution in [3.05, 3.63) is 30.0 Å². The maximum atomic E-state index is 12.6. The van der Waals surface area contributed by atoms with E-state index in [2.05, 4.69) is 4.98 Å². The molecule has 6 heteroatoms. The van der Waals surface area contributed by atoms with E-state index in [1.54, 1.807) is 29.0 Å². The summed E-state index contributed by atoms with van der Waals surface area (Å²) < 4.78 is 0. The van der Waals surface area contributed by atoms with Gasteiger partial charge in [-0.25, -0.2) is 0 Å². The van der Waals surface area contributed by atoms with Crippen molar-refractivity contribution >= 4 is 28.4 Å². The van der Waals surface area contributed by atoms with Gasteiger partial charge in [-0.15, -0.1) is 0 Å². The Labute approximate surface area is 122 Å². The zero-order chi connectivity index (χ0) is 15.0. The molecule has 1 aliphatic rings. The quantitative estimate of drug-likeness (QED) is 0.769. The van der Waals surface area contributed by atoms with Gasteiger partial charge in [0.15, 0.2) is 0 Å². The molecule has 1 aliphatic heterocycles. The van der Waals surface area contributed by atoms with E-state index in [1.807, 2.05) is 12.1 Å². The van der Waals surface area contributed by atoms with Crippen LogP contribution in [0.2, 0.25) is 0 Å². The molecule has 2 amide bonds. The number of piperazine rings is 1. The minimum atomic E-state index is -0.0185. The van der Waals surface area contributed by atoms with E-state index in [9.17, 15) is 9.59 Å². The molecule has 3 N–H and O–H groups in total. The Morgan fingerprint density at radius 2 is 1.81 bits per heavy atom. The van der Waals surface area contributed by atoms with Gasteiger partial charge in [-0.3, -0.25) is 9.59 Å². The number of nitrogen functional groups attached to an aromatic ring is 1. The van der Waals surface area contributed by atoms with E-state index < -0.39 is 0 Å². The Morgan fingerprint density at radius 1 is 1.14 bits per heavy atom. The number of aromatic amines is 1. The Balaban J connectivity index is 1.82. The zero-order valence-electron chi connectivity index (χ0n) is 11.9. The van der Waals surface area contributed by atoms with Crippen molar-refractivity contribution < 1.29 is 9.59 Å². The third-order valence-corrected chi connectivity index (χ3v) is 3.95. The second-order valence-corrected chi connectivity index (χ2v) is 5.31. The van der Waals surface area contributed by atoms with E-state index >= 15 is 0 Å². The van der Waals surface area contributed by atoms with E-state index in [4.69, 9.17) is 5.73 Å². The molecule has 0 bridgehead atoms. The molecule has 2 heterocycles. The summed E-state index contributed by atoms with van der Waals surface area (Å²) in [4.78, 5) is 30.6. The summed E-state index contributed by atoms with van der Waals surface area (Å²) in [5.74, 6) is 0.0389. The van der Waals surface area contributed by atoms with Crippen molar-refractivity contribution in [2.24, 2.45) is 0 Å². The summed E-state index contributed by atoms with van der Waals surface area (Å²) >= 11 is 0. The van der Waals surface area contributed by atoms with E-state index in [0.29, 0.717) is 37.4 Å². The van der Waals surface area contributed by atoms with Gasteiger partial charge >= 0.3 is 0 Å². The normalized spacial score (nSPS) is 15.5. The van der Waals surface area contributed by atoms with Crippen LogP contribution in [-0.4, -0.2) is 52.8 Å². The van der Waals surface area contributed by atoms with Crippen LogP contribution < -0.4 is 5.73 Å². The van der Waals surface area contributed by atoms with Gasteiger partial charge in [-0.2, -0.15) is 0 Å². The Kier molecular flexibility index (Phi) is 3.29. The number of H-pyrrole nitrogens is 1. The topological polar surface area (TPSA) is 82.4 Å². The van der Waals surface area contributed by atoms with E-state index in [0.717, 1.165) is 10.9 Å². The van der Waals surface area contributed by atoms with Crippen molar-refractivity contribution in [2.75, 3.05) is 31.9 Å². The predicted molar refractivity (Wildman–Crippen MR) is 80.9 cm³/mol. The van der Waals surface area contributed by atoms with E-state index in [1.165, 1.54) is 0 Å². The van der Waals surface area contributed by atoms with E-state index in [-0.39, 0.29) is 11.8 Å². The molecule has 0 spiro atoms. The first kappa shape index (κ1) is 13.5. The van der Waals surface area contributed by atoms with Crippen molar-refractivity contribution in [2.45, 2.75) is 6.92 Å². The first-order valence-corrected chi connectivity index (χ1v) is 6.97. The molecule has 0 saturated carbocycles. The summed E-state index contributed by atoms with van der Waals surface area (Å²) in [7, 11) is 0. The zero-order valence-corrected chi connectivity index (χ0v) is 11.9. The van der Waals surface area contributed by atoms with Crippen molar-refractivity contribution in [1.82, 2.24) is 14.8 Å². The molecule has 0 atom stereocenters. The average molecular weight is 286 g/mol. The maximum absolute atomic E-state index is 12.6. The SMILES string of the molecule is CC(=O)N1CCN(C(=O)c2c[nH]c3ccc(N)cc23)CC1. The van der Waals surface area contributed by atoms with Crippen molar-refractivity contribution in [3.8, 4) is 0 Å². The number of fused-ring (bicyclic) bond motifs is 1. The number of hydrogen-bond donors (Lipinski definition) is 2. The fourth-order valence-corrected chi connectivity index (χ4v) is 2.71. The van der Waals surface area contributed by atoms with Gasteiger partial charge in [-0.05, 0) is 18.2 Å². The van der Waals surface area contributed by atoms with Gasteiger partial charge in [0.05, 0.1) is 5.56 Å². The van der Waals surface area contributed by atoms with Gasteiger partial charge in [0.1, 0.15) is 0 Å². The number of amides is 2. The number of hydrogen-bond acceptors (Lipinski definition) is 3. The van der Waals surface area contributed by atoms with Crippen LogP contribution in [0.3, 0.4) is 0 Å². The minimum absolute atomic E-state index is 0.0185. The summed E-state index contributed by atoms with van der Waals surface area (Å²) in [6.45, 7) is 3.86. The van der Waals surface area contributed by atoms with Gasteiger partial charge < -0.3 is 20.5 Å². The number of nitrogens with zero attached hydrogens (tertiary/aromatic N) is 2. The van der Waals surface area contributed by atoms with Gasteiger partial charge in [0.2, 0.25) is 5.91 Å². The molecule has 1 saturated heterocycles. The molecular formula is C15H18N4O2. The van der Waals surface area contributed by atoms with Crippen molar-refractivity contribution in [3.63, 3.8) is 0 Å². The first-order valence-electron chi connectivity index (χ1n) is 6.97. The highest BCUT2D eigenvalue weighted by atomic mass is 16.2. The number of nitrogens with one attached hydrogen (secondary N) is 1. The van der Waals surface area contributed by atoms with Crippen LogP contribution in [0.4, 0.5) is 5.69 Å². The van der Waals surface area contributed by atoms with Crippen LogP contribution in [-0.2, 0) is 4.79 Å². The number of nitrogens with two attached hydrogens (primary N) is 1. The number of carbonyl (C=O) groups is 2. The minimum Gasteiger partial charge on any atom is -0.399 e. The third kappa shape index (κ3) is 2.44. The molecule has 0 unspecified atom stereocenters. The van der Waals surface area contributed by atoms with Gasteiger partial charge in [-0.1, -0.05) is 0 Å². The van der Waals surface area contributed by atoms with Crippen LogP contribution in [0.25, 0.3) is 10.9 Å². The highest BCUT2D eigenvalue weighted by Crippen LogP contribution is 2.22. The molecule has 2 aromatic rings. The maximum Gasteiger partial charge on any atom is 0.256 e. The smallest absolute Gasteiger partial charge is 0.256 e. The molecule has 0 radical (unpaired) electrons. The number of rotatable bonds is 1.